The highest BCUT2D eigenvalue weighted by molar-refractivity contribution is 7.47. The van der Waals surface area contributed by atoms with Crippen LogP contribution in [0.5, 0.6) is 0 Å². The molecule has 0 amide bonds. The molecule has 1 unspecified atom stereocenters. The van der Waals surface area contributed by atoms with Crippen molar-refractivity contribution in [1.82, 2.24) is 0 Å². The van der Waals surface area contributed by atoms with Crippen LogP contribution in [0.25, 0.3) is 0 Å². The van der Waals surface area contributed by atoms with Gasteiger partial charge in [0.25, 0.3) is 0 Å². The van der Waals surface area contributed by atoms with E-state index in [2.05, 4.69) is 13.8 Å². The Labute approximate surface area is 263 Å². The molecule has 2 atom stereocenters. The molecule has 9 nitrogen and oxygen atoms in total. The second-order valence-corrected chi connectivity index (χ2v) is 13.2. The monoisotopic (exact) mass is 635 g/mol. The highest BCUT2D eigenvalue weighted by Crippen LogP contribution is 2.43. The molecule has 0 aliphatic heterocycles. The Bertz CT molecular complexity index is 694. The van der Waals surface area contributed by atoms with Gasteiger partial charge in [0.15, 0.2) is 6.10 Å². The lowest BCUT2D eigenvalue weighted by atomic mass is 10.0. The van der Waals surface area contributed by atoms with Gasteiger partial charge in [-0.25, -0.2) is 4.57 Å². The maximum Gasteiger partial charge on any atom is 0.472 e. The van der Waals surface area contributed by atoms with Crippen LogP contribution in [0.3, 0.4) is 0 Å². The largest absolute Gasteiger partial charge is 0.472 e. The molecule has 0 saturated heterocycles. The van der Waals surface area contributed by atoms with Gasteiger partial charge < -0.3 is 20.1 Å². The van der Waals surface area contributed by atoms with Crippen LogP contribution in [-0.4, -0.2) is 49.3 Å². The summed E-state index contributed by atoms with van der Waals surface area (Å²) in [6, 6.07) is 0. The van der Waals surface area contributed by atoms with Crippen molar-refractivity contribution >= 4 is 19.8 Å². The van der Waals surface area contributed by atoms with Crippen LogP contribution in [0.4, 0.5) is 0 Å². The number of hydrogen-bond donors (Lipinski definition) is 2. The minimum absolute atomic E-state index is 0.0572. The topological polar surface area (TPSA) is 134 Å². The Morgan fingerprint density at radius 1 is 0.605 bits per heavy atom. The smallest absolute Gasteiger partial charge is 0.462 e. The number of phosphoric acid groups is 1. The SMILES string of the molecule is CCCCCCCCCCCCCCCCCC(=O)OC[C@@H](COP(=O)(O)OCCN)OC(=O)CCCCCCCCC. The molecule has 0 aliphatic rings. The molecule has 0 rings (SSSR count). The lowest BCUT2D eigenvalue weighted by Crippen LogP contribution is -2.29. The highest BCUT2D eigenvalue weighted by atomic mass is 31.2. The van der Waals surface area contributed by atoms with Crippen LogP contribution in [0.1, 0.15) is 168 Å². The van der Waals surface area contributed by atoms with Gasteiger partial charge in [0.1, 0.15) is 6.61 Å². The number of carbonyl (C=O) groups excluding carboxylic acids is 2. The van der Waals surface area contributed by atoms with Crippen LogP contribution in [-0.2, 0) is 32.7 Å². The molecule has 0 radical (unpaired) electrons. The van der Waals surface area contributed by atoms with Crippen molar-refractivity contribution in [2.24, 2.45) is 5.73 Å². The normalized spacial score (nSPS) is 13.5. The van der Waals surface area contributed by atoms with Crippen LogP contribution in [0.2, 0.25) is 0 Å². The number of phosphoric ester groups is 1. The van der Waals surface area contributed by atoms with E-state index >= 15 is 0 Å². The third-order valence-electron chi connectivity index (χ3n) is 7.49. The summed E-state index contributed by atoms with van der Waals surface area (Å²) >= 11 is 0. The van der Waals surface area contributed by atoms with E-state index < -0.39 is 26.5 Å². The van der Waals surface area contributed by atoms with E-state index in [1.54, 1.807) is 0 Å². The Kier molecular flexibility index (Phi) is 30.3. The molecule has 0 aromatic rings. The number of unbranched alkanes of at least 4 members (excludes halogenated alkanes) is 20. The van der Waals surface area contributed by atoms with Crippen LogP contribution >= 0.6 is 7.82 Å². The third kappa shape index (κ3) is 30.8. The maximum atomic E-state index is 12.4. The molecule has 0 aromatic heterocycles. The van der Waals surface area contributed by atoms with Gasteiger partial charge in [-0.2, -0.15) is 0 Å². The number of rotatable bonds is 33. The van der Waals surface area contributed by atoms with Crippen molar-refractivity contribution in [2.45, 2.75) is 174 Å². The fourth-order valence-electron chi connectivity index (χ4n) is 4.87. The number of esters is 2. The van der Waals surface area contributed by atoms with E-state index in [-0.39, 0.29) is 38.6 Å². The van der Waals surface area contributed by atoms with Crippen molar-refractivity contribution in [2.75, 3.05) is 26.4 Å². The molecule has 256 valence electrons. The summed E-state index contributed by atoms with van der Waals surface area (Å²) in [5.41, 5.74) is 5.31. The second-order valence-electron chi connectivity index (χ2n) is 11.8. The zero-order valence-electron chi connectivity index (χ0n) is 27.7. The van der Waals surface area contributed by atoms with Gasteiger partial charge in [-0.15, -0.1) is 0 Å². The van der Waals surface area contributed by atoms with Gasteiger partial charge in [0.2, 0.25) is 0 Å². The van der Waals surface area contributed by atoms with Crippen molar-refractivity contribution in [3.05, 3.63) is 0 Å². The number of nitrogens with two attached hydrogens (primary N) is 1. The summed E-state index contributed by atoms with van der Waals surface area (Å²) in [6.45, 7) is 3.68. The lowest BCUT2D eigenvalue weighted by molar-refractivity contribution is -0.161. The standard InChI is InChI=1S/C33H66NO8P/c1-3-5-7-9-11-12-13-14-15-16-17-18-20-21-23-25-32(35)39-29-31(30-41-43(37,38)40-28-27-34)42-33(36)26-24-22-19-10-8-6-4-2/h31H,3-30,34H2,1-2H3,(H,37,38)/t31-/m0/s1. The molecule has 0 heterocycles. The molecule has 0 spiro atoms. The Balaban J connectivity index is 4.14. The Morgan fingerprint density at radius 3 is 1.42 bits per heavy atom. The van der Waals surface area contributed by atoms with Crippen LogP contribution < -0.4 is 5.73 Å². The average Bonchev–Trinajstić information content (AvgIpc) is 2.99. The Hall–Kier alpha value is -0.990. The van der Waals surface area contributed by atoms with E-state index in [0.29, 0.717) is 6.42 Å². The van der Waals surface area contributed by atoms with Crippen molar-refractivity contribution in [3.63, 3.8) is 0 Å². The summed E-state index contributed by atoms with van der Waals surface area (Å²) < 4.78 is 32.4. The van der Waals surface area contributed by atoms with Gasteiger partial charge >= 0.3 is 19.8 Å². The molecule has 0 saturated carbocycles. The van der Waals surface area contributed by atoms with E-state index in [1.165, 1.54) is 96.3 Å². The predicted molar refractivity (Wildman–Crippen MR) is 174 cm³/mol. The van der Waals surface area contributed by atoms with Gasteiger partial charge in [-0.05, 0) is 12.8 Å². The summed E-state index contributed by atoms with van der Waals surface area (Å²) in [6.07, 6.45) is 25.8. The minimum atomic E-state index is -4.35. The predicted octanol–water partition coefficient (Wildman–Crippen LogP) is 8.94. The van der Waals surface area contributed by atoms with Gasteiger partial charge in [0.05, 0.1) is 13.2 Å². The summed E-state index contributed by atoms with van der Waals surface area (Å²) in [4.78, 5) is 34.4. The Morgan fingerprint density at radius 2 is 1.00 bits per heavy atom. The molecular weight excluding hydrogens is 569 g/mol. The van der Waals surface area contributed by atoms with Gasteiger partial charge in [-0.1, -0.05) is 142 Å². The average molecular weight is 636 g/mol. The second kappa shape index (κ2) is 31.0. The van der Waals surface area contributed by atoms with E-state index in [9.17, 15) is 19.0 Å². The quantitative estimate of drug-likeness (QED) is 0.0411. The molecule has 0 aliphatic carbocycles. The summed E-state index contributed by atoms with van der Waals surface area (Å²) in [5.74, 6) is -0.828. The number of ether oxygens (including phenoxy) is 2. The molecule has 0 fully saturated rings. The first kappa shape index (κ1) is 42.0. The number of hydrogen-bond acceptors (Lipinski definition) is 8. The van der Waals surface area contributed by atoms with Crippen molar-refractivity contribution < 1.29 is 37.6 Å². The minimum Gasteiger partial charge on any atom is -0.462 e. The van der Waals surface area contributed by atoms with Crippen LogP contribution in [0.15, 0.2) is 0 Å². The van der Waals surface area contributed by atoms with Crippen molar-refractivity contribution in [3.8, 4) is 0 Å². The molecule has 43 heavy (non-hydrogen) atoms. The molecule has 10 heteroatoms. The van der Waals surface area contributed by atoms with Crippen molar-refractivity contribution in [1.29, 1.82) is 0 Å². The molecule has 3 N–H and O–H groups in total. The van der Waals surface area contributed by atoms with Crippen LogP contribution in [0, 0.1) is 0 Å². The van der Waals surface area contributed by atoms with E-state index in [0.717, 1.165) is 38.5 Å². The highest BCUT2D eigenvalue weighted by Gasteiger charge is 2.25. The first-order valence-electron chi connectivity index (χ1n) is 17.5. The zero-order chi connectivity index (χ0) is 31.9. The van der Waals surface area contributed by atoms with E-state index in [1.807, 2.05) is 0 Å². The fourth-order valence-corrected chi connectivity index (χ4v) is 5.63. The first-order chi connectivity index (χ1) is 20.8. The van der Waals surface area contributed by atoms with Gasteiger partial charge in [-0.3, -0.25) is 18.6 Å². The molecular formula is C33H66NO8P. The fraction of sp³-hybridized carbons (Fsp3) is 0.939. The third-order valence-corrected chi connectivity index (χ3v) is 8.48. The molecule has 0 bridgehead atoms. The van der Waals surface area contributed by atoms with E-state index in [4.69, 9.17) is 24.3 Å². The molecule has 0 aromatic carbocycles. The summed E-state index contributed by atoms with van der Waals surface area (Å²) in [7, 11) is -4.35. The first-order valence-corrected chi connectivity index (χ1v) is 19.0. The number of carbonyl (C=O) groups is 2. The summed E-state index contributed by atoms with van der Waals surface area (Å²) in [5, 5.41) is 0. The van der Waals surface area contributed by atoms with Gasteiger partial charge in [0, 0.05) is 19.4 Å². The zero-order valence-corrected chi connectivity index (χ0v) is 28.6. The maximum absolute atomic E-state index is 12.4. The lowest BCUT2D eigenvalue weighted by Gasteiger charge is -2.19.